The predicted molar refractivity (Wildman–Crippen MR) is 75.6 cm³/mol. The lowest BCUT2D eigenvalue weighted by Crippen LogP contribution is -2.46. The summed E-state index contributed by atoms with van der Waals surface area (Å²) in [5, 5.41) is 4.12. The fourth-order valence-corrected chi connectivity index (χ4v) is 2.06. The molecule has 96 valence electrons. The van der Waals surface area contributed by atoms with E-state index in [-0.39, 0.29) is 5.54 Å². The van der Waals surface area contributed by atoms with E-state index in [0.29, 0.717) is 6.04 Å². The minimum atomic E-state index is 0.113. The second-order valence-corrected chi connectivity index (χ2v) is 5.72. The van der Waals surface area contributed by atoms with E-state index >= 15 is 0 Å². The zero-order chi connectivity index (χ0) is 13.1. The van der Waals surface area contributed by atoms with Crippen LogP contribution in [0.15, 0.2) is 24.3 Å². The lowest BCUT2D eigenvalue weighted by molar-refractivity contribution is 0.197. The van der Waals surface area contributed by atoms with Gasteiger partial charge < -0.3 is 5.32 Å². The van der Waals surface area contributed by atoms with Crippen molar-refractivity contribution in [2.24, 2.45) is 0 Å². The SMILES string of the molecule is CNC(C)(C)CN(C)C(C)c1cccc(Cl)c1. The number of hydrogen-bond acceptors (Lipinski definition) is 2. The number of nitrogens with one attached hydrogen (secondary N) is 1. The van der Waals surface area contributed by atoms with Gasteiger partial charge >= 0.3 is 0 Å². The van der Waals surface area contributed by atoms with Gasteiger partial charge in [-0.3, -0.25) is 4.90 Å². The molecule has 0 saturated heterocycles. The number of nitrogens with zero attached hydrogens (tertiary/aromatic N) is 1. The fraction of sp³-hybridized carbons (Fsp3) is 0.571. The van der Waals surface area contributed by atoms with E-state index in [2.05, 4.69) is 44.1 Å². The van der Waals surface area contributed by atoms with Gasteiger partial charge in [0.15, 0.2) is 0 Å². The largest absolute Gasteiger partial charge is 0.314 e. The maximum Gasteiger partial charge on any atom is 0.0409 e. The highest BCUT2D eigenvalue weighted by atomic mass is 35.5. The Hall–Kier alpha value is -0.570. The van der Waals surface area contributed by atoms with Crippen molar-refractivity contribution >= 4 is 11.6 Å². The summed E-state index contributed by atoms with van der Waals surface area (Å²) < 4.78 is 0. The van der Waals surface area contributed by atoms with Crippen molar-refractivity contribution in [3.63, 3.8) is 0 Å². The van der Waals surface area contributed by atoms with Crippen molar-refractivity contribution < 1.29 is 0 Å². The third-order valence-electron chi connectivity index (χ3n) is 3.31. The highest BCUT2D eigenvalue weighted by molar-refractivity contribution is 6.30. The van der Waals surface area contributed by atoms with Gasteiger partial charge in [-0.25, -0.2) is 0 Å². The van der Waals surface area contributed by atoms with Crippen molar-refractivity contribution in [2.75, 3.05) is 20.6 Å². The van der Waals surface area contributed by atoms with Crippen LogP contribution in [-0.2, 0) is 0 Å². The molecule has 1 N–H and O–H groups in total. The Morgan fingerprint density at radius 2 is 2.06 bits per heavy atom. The van der Waals surface area contributed by atoms with Crippen molar-refractivity contribution in [1.82, 2.24) is 10.2 Å². The highest BCUT2D eigenvalue weighted by Gasteiger charge is 2.21. The standard InChI is InChI=1S/C14H23ClN2/c1-11(12-7-6-8-13(15)9-12)17(5)10-14(2,3)16-4/h6-9,11,16H,10H2,1-5H3. The van der Waals surface area contributed by atoms with Crippen LogP contribution in [0, 0.1) is 0 Å². The van der Waals surface area contributed by atoms with Crippen LogP contribution >= 0.6 is 11.6 Å². The number of benzene rings is 1. The van der Waals surface area contributed by atoms with Crippen LogP contribution in [0.2, 0.25) is 5.02 Å². The summed E-state index contributed by atoms with van der Waals surface area (Å²) in [6.45, 7) is 7.59. The second kappa shape index (κ2) is 5.85. The molecule has 0 bridgehead atoms. The minimum Gasteiger partial charge on any atom is -0.314 e. The maximum absolute atomic E-state index is 6.02. The fourth-order valence-electron chi connectivity index (χ4n) is 1.86. The molecule has 0 spiro atoms. The first kappa shape index (κ1) is 14.5. The van der Waals surface area contributed by atoms with Gasteiger partial charge in [-0.15, -0.1) is 0 Å². The summed E-state index contributed by atoms with van der Waals surface area (Å²) in [5.41, 5.74) is 1.37. The molecule has 1 aromatic rings. The first-order valence-corrected chi connectivity index (χ1v) is 6.38. The molecule has 1 rings (SSSR count). The van der Waals surface area contributed by atoms with Crippen molar-refractivity contribution in [3.05, 3.63) is 34.9 Å². The topological polar surface area (TPSA) is 15.3 Å². The highest BCUT2D eigenvalue weighted by Crippen LogP contribution is 2.23. The molecular weight excluding hydrogens is 232 g/mol. The van der Waals surface area contributed by atoms with Crippen molar-refractivity contribution in [2.45, 2.75) is 32.4 Å². The Morgan fingerprint density at radius 1 is 1.41 bits per heavy atom. The van der Waals surface area contributed by atoms with Crippen LogP contribution in [-0.4, -0.2) is 31.1 Å². The van der Waals surface area contributed by atoms with Gasteiger partial charge in [-0.05, 0) is 52.6 Å². The van der Waals surface area contributed by atoms with E-state index in [1.807, 2.05) is 25.2 Å². The Bertz CT molecular complexity index is 363. The van der Waals surface area contributed by atoms with Crippen LogP contribution in [0.5, 0.6) is 0 Å². The van der Waals surface area contributed by atoms with Gasteiger partial charge in [0.2, 0.25) is 0 Å². The predicted octanol–water partition coefficient (Wildman–Crippen LogP) is 3.33. The summed E-state index contributed by atoms with van der Waals surface area (Å²) >= 11 is 6.02. The molecule has 0 aromatic heterocycles. The Balaban J connectivity index is 2.73. The molecule has 1 atom stereocenters. The lowest BCUT2D eigenvalue weighted by atomic mass is 10.0. The van der Waals surface area contributed by atoms with E-state index in [4.69, 9.17) is 11.6 Å². The van der Waals surface area contributed by atoms with E-state index < -0.39 is 0 Å². The molecule has 0 heterocycles. The number of halogens is 1. The van der Waals surface area contributed by atoms with Crippen LogP contribution in [0.4, 0.5) is 0 Å². The van der Waals surface area contributed by atoms with E-state index in [0.717, 1.165) is 11.6 Å². The molecule has 0 radical (unpaired) electrons. The monoisotopic (exact) mass is 254 g/mol. The Kier molecular flexibility index (Phi) is 4.99. The van der Waals surface area contributed by atoms with Gasteiger partial charge in [0.1, 0.15) is 0 Å². The molecule has 0 aliphatic heterocycles. The van der Waals surface area contributed by atoms with Crippen molar-refractivity contribution in [3.8, 4) is 0 Å². The molecule has 0 amide bonds. The van der Waals surface area contributed by atoms with Crippen LogP contribution in [0.25, 0.3) is 0 Å². The van der Waals surface area contributed by atoms with Gasteiger partial charge in [0.25, 0.3) is 0 Å². The quantitative estimate of drug-likeness (QED) is 0.867. The minimum absolute atomic E-state index is 0.113. The number of likely N-dealkylation sites (N-methyl/N-ethyl adjacent to an activating group) is 2. The van der Waals surface area contributed by atoms with Gasteiger partial charge in [0.05, 0.1) is 0 Å². The molecule has 0 saturated carbocycles. The summed E-state index contributed by atoms with van der Waals surface area (Å²) in [4.78, 5) is 2.34. The summed E-state index contributed by atoms with van der Waals surface area (Å²) in [7, 11) is 4.14. The smallest absolute Gasteiger partial charge is 0.0409 e. The normalized spacial score (nSPS) is 14.1. The molecule has 1 unspecified atom stereocenters. The first-order valence-electron chi connectivity index (χ1n) is 6.00. The molecule has 0 aliphatic rings. The van der Waals surface area contributed by atoms with E-state index in [9.17, 15) is 0 Å². The van der Waals surface area contributed by atoms with Crippen LogP contribution in [0.3, 0.4) is 0 Å². The Labute approximate surface area is 110 Å². The zero-order valence-electron chi connectivity index (χ0n) is 11.4. The summed E-state index contributed by atoms with van der Waals surface area (Å²) in [5.74, 6) is 0. The van der Waals surface area contributed by atoms with Gasteiger partial charge in [-0.2, -0.15) is 0 Å². The van der Waals surface area contributed by atoms with E-state index in [1.54, 1.807) is 0 Å². The third-order valence-corrected chi connectivity index (χ3v) is 3.55. The molecule has 17 heavy (non-hydrogen) atoms. The van der Waals surface area contributed by atoms with Crippen LogP contribution in [0.1, 0.15) is 32.4 Å². The molecular formula is C14H23ClN2. The average Bonchev–Trinajstić information content (AvgIpc) is 2.27. The number of rotatable bonds is 5. The van der Waals surface area contributed by atoms with Gasteiger partial charge in [0, 0.05) is 23.1 Å². The molecule has 1 aromatic carbocycles. The molecule has 0 aliphatic carbocycles. The lowest BCUT2D eigenvalue weighted by Gasteiger charge is -2.34. The summed E-state index contributed by atoms with van der Waals surface area (Å²) in [6, 6.07) is 8.44. The van der Waals surface area contributed by atoms with E-state index in [1.165, 1.54) is 5.56 Å². The zero-order valence-corrected chi connectivity index (χ0v) is 12.2. The first-order chi connectivity index (χ1) is 7.85. The average molecular weight is 255 g/mol. The second-order valence-electron chi connectivity index (χ2n) is 5.28. The Morgan fingerprint density at radius 3 is 2.59 bits per heavy atom. The third kappa shape index (κ3) is 4.30. The van der Waals surface area contributed by atoms with Crippen molar-refractivity contribution in [1.29, 1.82) is 0 Å². The van der Waals surface area contributed by atoms with Gasteiger partial charge in [-0.1, -0.05) is 23.7 Å². The van der Waals surface area contributed by atoms with Crippen LogP contribution < -0.4 is 5.32 Å². The number of hydrogen-bond donors (Lipinski definition) is 1. The molecule has 0 fully saturated rings. The summed E-state index contributed by atoms with van der Waals surface area (Å²) in [6.07, 6.45) is 0. The molecule has 2 nitrogen and oxygen atoms in total. The molecule has 3 heteroatoms. The maximum atomic E-state index is 6.02.